The second kappa shape index (κ2) is 10.0. The number of amides is 1. The highest BCUT2D eigenvalue weighted by atomic mass is 32.1. The molecule has 1 amide bonds. The SMILES string of the molecule is CCN(CC)C(C(=O)Oc1ccc(NC(=O)c2cccs2)cc1)c1ccccc1. The minimum atomic E-state index is -0.468. The molecule has 3 aromatic rings. The highest BCUT2D eigenvalue weighted by molar-refractivity contribution is 7.12. The molecule has 1 unspecified atom stereocenters. The number of esters is 1. The third-order valence-electron chi connectivity index (χ3n) is 4.59. The van der Waals surface area contributed by atoms with Gasteiger partial charge in [-0.1, -0.05) is 50.2 Å². The highest BCUT2D eigenvalue weighted by Crippen LogP contribution is 2.24. The van der Waals surface area contributed by atoms with Crippen molar-refractivity contribution in [2.45, 2.75) is 19.9 Å². The normalized spacial score (nSPS) is 11.8. The Labute approximate surface area is 174 Å². The van der Waals surface area contributed by atoms with Crippen molar-refractivity contribution >= 4 is 28.9 Å². The van der Waals surface area contributed by atoms with Crippen LogP contribution in [0.15, 0.2) is 72.1 Å². The topological polar surface area (TPSA) is 58.6 Å². The Bertz CT molecular complexity index is 921. The number of nitrogens with one attached hydrogen (secondary N) is 1. The van der Waals surface area contributed by atoms with E-state index in [0.29, 0.717) is 16.3 Å². The van der Waals surface area contributed by atoms with Gasteiger partial charge in [0, 0.05) is 5.69 Å². The average Bonchev–Trinajstić information content (AvgIpc) is 3.29. The van der Waals surface area contributed by atoms with Gasteiger partial charge in [0.1, 0.15) is 11.8 Å². The molecule has 0 aliphatic carbocycles. The van der Waals surface area contributed by atoms with E-state index in [4.69, 9.17) is 4.74 Å². The number of thiophene rings is 1. The highest BCUT2D eigenvalue weighted by Gasteiger charge is 2.27. The molecule has 5 nitrogen and oxygen atoms in total. The van der Waals surface area contributed by atoms with E-state index >= 15 is 0 Å². The maximum atomic E-state index is 13.0. The van der Waals surface area contributed by atoms with Gasteiger partial charge in [0.05, 0.1) is 4.88 Å². The molecule has 0 fully saturated rings. The van der Waals surface area contributed by atoms with E-state index in [0.717, 1.165) is 18.7 Å². The average molecular weight is 409 g/mol. The number of anilines is 1. The lowest BCUT2D eigenvalue weighted by Crippen LogP contribution is -2.36. The van der Waals surface area contributed by atoms with E-state index in [1.165, 1.54) is 11.3 Å². The van der Waals surface area contributed by atoms with Crippen LogP contribution < -0.4 is 10.1 Å². The number of likely N-dealkylation sites (N-methyl/N-ethyl adjacent to an activating group) is 1. The lowest BCUT2D eigenvalue weighted by Gasteiger charge is -2.28. The van der Waals surface area contributed by atoms with E-state index in [-0.39, 0.29) is 11.9 Å². The zero-order chi connectivity index (χ0) is 20.6. The Morgan fingerprint density at radius 1 is 0.966 bits per heavy atom. The van der Waals surface area contributed by atoms with Gasteiger partial charge in [-0.05, 0) is 54.4 Å². The van der Waals surface area contributed by atoms with E-state index in [2.05, 4.69) is 10.2 Å². The molecule has 2 aromatic carbocycles. The molecule has 0 aliphatic rings. The summed E-state index contributed by atoms with van der Waals surface area (Å²) in [5.74, 6) is -0.0390. The predicted molar refractivity (Wildman–Crippen MR) is 116 cm³/mol. The molecular weight excluding hydrogens is 384 g/mol. The summed E-state index contributed by atoms with van der Waals surface area (Å²) >= 11 is 1.38. The molecule has 29 heavy (non-hydrogen) atoms. The molecule has 0 aliphatic heterocycles. The van der Waals surface area contributed by atoms with Crippen LogP contribution in [0.2, 0.25) is 0 Å². The second-order valence-electron chi connectivity index (χ2n) is 6.41. The molecule has 3 rings (SSSR count). The van der Waals surface area contributed by atoms with Gasteiger partial charge < -0.3 is 10.1 Å². The molecule has 0 spiro atoms. The number of carbonyl (C=O) groups excluding carboxylic acids is 2. The Morgan fingerprint density at radius 2 is 1.66 bits per heavy atom. The number of ether oxygens (including phenoxy) is 1. The van der Waals surface area contributed by atoms with E-state index in [1.54, 1.807) is 30.3 Å². The summed E-state index contributed by atoms with van der Waals surface area (Å²) in [6.45, 7) is 5.52. The van der Waals surface area contributed by atoms with Crippen molar-refractivity contribution in [3.8, 4) is 5.75 Å². The van der Waals surface area contributed by atoms with Crippen molar-refractivity contribution in [3.05, 3.63) is 82.6 Å². The van der Waals surface area contributed by atoms with Crippen molar-refractivity contribution in [1.82, 2.24) is 4.90 Å². The van der Waals surface area contributed by atoms with Gasteiger partial charge in [0.25, 0.3) is 5.91 Å². The Kier molecular flexibility index (Phi) is 7.16. The van der Waals surface area contributed by atoms with Crippen LogP contribution in [0.5, 0.6) is 5.75 Å². The fourth-order valence-electron chi connectivity index (χ4n) is 3.10. The Hall–Kier alpha value is -2.96. The third-order valence-corrected chi connectivity index (χ3v) is 5.46. The van der Waals surface area contributed by atoms with Crippen LogP contribution in [-0.4, -0.2) is 29.9 Å². The lowest BCUT2D eigenvalue weighted by atomic mass is 10.1. The summed E-state index contributed by atoms with van der Waals surface area (Å²) < 4.78 is 5.66. The van der Waals surface area contributed by atoms with Crippen LogP contribution in [0, 0.1) is 0 Å². The van der Waals surface area contributed by atoms with Crippen LogP contribution in [-0.2, 0) is 4.79 Å². The van der Waals surface area contributed by atoms with Gasteiger partial charge in [-0.25, -0.2) is 4.79 Å². The number of carbonyl (C=O) groups is 2. The summed E-state index contributed by atoms with van der Waals surface area (Å²) in [7, 11) is 0. The fourth-order valence-corrected chi connectivity index (χ4v) is 3.72. The molecule has 0 saturated heterocycles. The zero-order valence-electron chi connectivity index (χ0n) is 16.5. The molecule has 1 aromatic heterocycles. The van der Waals surface area contributed by atoms with E-state index < -0.39 is 6.04 Å². The molecule has 0 saturated carbocycles. The standard InChI is InChI=1S/C23H24N2O3S/c1-3-25(4-2)21(17-9-6-5-7-10-17)23(27)28-19-14-12-18(13-15-19)24-22(26)20-11-8-16-29-20/h5-16,21H,3-4H2,1-2H3,(H,24,26). The molecule has 1 N–H and O–H groups in total. The van der Waals surface area contributed by atoms with Gasteiger partial charge in [0.2, 0.25) is 0 Å². The molecule has 0 radical (unpaired) electrons. The molecule has 150 valence electrons. The maximum Gasteiger partial charge on any atom is 0.333 e. The van der Waals surface area contributed by atoms with E-state index in [9.17, 15) is 9.59 Å². The van der Waals surface area contributed by atoms with Crippen molar-refractivity contribution in [3.63, 3.8) is 0 Å². The number of hydrogen-bond donors (Lipinski definition) is 1. The van der Waals surface area contributed by atoms with E-state index in [1.807, 2.05) is 55.6 Å². The summed E-state index contributed by atoms with van der Waals surface area (Å²) in [4.78, 5) is 27.8. The molecule has 1 heterocycles. The Balaban J connectivity index is 1.70. The maximum absolute atomic E-state index is 13.0. The minimum absolute atomic E-state index is 0.157. The largest absolute Gasteiger partial charge is 0.425 e. The van der Waals surface area contributed by atoms with Crippen LogP contribution in [0.1, 0.15) is 35.1 Å². The molecule has 6 heteroatoms. The molecule has 0 bridgehead atoms. The number of rotatable bonds is 8. The van der Waals surface area contributed by atoms with Crippen LogP contribution in [0.3, 0.4) is 0 Å². The summed E-state index contributed by atoms with van der Waals surface area (Å²) in [5.41, 5.74) is 1.55. The predicted octanol–water partition coefficient (Wildman–Crippen LogP) is 4.99. The molecular formula is C23H24N2O3S. The zero-order valence-corrected chi connectivity index (χ0v) is 17.3. The summed E-state index contributed by atoms with van der Waals surface area (Å²) in [6.07, 6.45) is 0. The van der Waals surface area contributed by atoms with Crippen molar-refractivity contribution in [1.29, 1.82) is 0 Å². The number of nitrogens with zero attached hydrogens (tertiary/aromatic N) is 1. The lowest BCUT2D eigenvalue weighted by molar-refractivity contribution is -0.140. The van der Waals surface area contributed by atoms with Crippen molar-refractivity contribution < 1.29 is 14.3 Å². The van der Waals surface area contributed by atoms with Gasteiger partial charge in [-0.2, -0.15) is 0 Å². The fraction of sp³-hybridized carbons (Fsp3) is 0.217. The monoisotopic (exact) mass is 408 g/mol. The number of benzene rings is 2. The summed E-state index contributed by atoms with van der Waals surface area (Å²) in [5, 5.41) is 4.69. The van der Waals surface area contributed by atoms with Crippen LogP contribution >= 0.6 is 11.3 Å². The minimum Gasteiger partial charge on any atom is -0.425 e. The number of hydrogen-bond acceptors (Lipinski definition) is 5. The first-order chi connectivity index (χ1) is 14.1. The van der Waals surface area contributed by atoms with Crippen molar-refractivity contribution in [2.75, 3.05) is 18.4 Å². The first kappa shape index (κ1) is 20.8. The smallest absolute Gasteiger partial charge is 0.333 e. The third kappa shape index (κ3) is 5.31. The van der Waals surface area contributed by atoms with Crippen LogP contribution in [0.25, 0.3) is 0 Å². The molecule has 1 atom stereocenters. The van der Waals surface area contributed by atoms with Gasteiger partial charge in [-0.3, -0.25) is 9.69 Å². The van der Waals surface area contributed by atoms with Crippen molar-refractivity contribution in [2.24, 2.45) is 0 Å². The van der Waals surface area contributed by atoms with Crippen LogP contribution in [0.4, 0.5) is 5.69 Å². The van der Waals surface area contributed by atoms with Gasteiger partial charge >= 0.3 is 5.97 Å². The first-order valence-electron chi connectivity index (χ1n) is 9.58. The first-order valence-corrected chi connectivity index (χ1v) is 10.5. The summed E-state index contributed by atoms with van der Waals surface area (Å²) in [6, 6.07) is 19.6. The Morgan fingerprint density at radius 3 is 2.24 bits per heavy atom. The quantitative estimate of drug-likeness (QED) is 0.421. The second-order valence-corrected chi connectivity index (χ2v) is 7.36. The van der Waals surface area contributed by atoms with Gasteiger partial charge in [-0.15, -0.1) is 11.3 Å². The van der Waals surface area contributed by atoms with Gasteiger partial charge in [0.15, 0.2) is 0 Å².